The minimum absolute atomic E-state index is 0.0462. The first-order valence-electron chi connectivity index (χ1n) is 4.13. The summed E-state index contributed by atoms with van der Waals surface area (Å²) in [5.74, 6) is 0. The summed E-state index contributed by atoms with van der Waals surface area (Å²) in [5, 5.41) is 0. The van der Waals surface area contributed by atoms with Gasteiger partial charge in [-0.1, -0.05) is 19.6 Å². The fourth-order valence-corrected chi connectivity index (χ4v) is 0.998. The first-order chi connectivity index (χ1) is 5.77. The Kier molecular flexibility index (Phi) is 3.00. The Morgan fingerprint density at radius 1 is 1.67 bits per heavy atom. The molecule has 64 valence electrons. The molecule has 0 fully saturated rings. The number of nitrogens with two attached hydrogens (primary N) is 1. The van der Waals surface area contributed by atoms with E-state index in [-0.39, 0.29) is 6.04 Å². The quantitative estimate of drug-likeness (QED) is 0.739. The van der Waals surface area contributed by atoms with E-state index in [0.29, 0.717) is 0 Å². The predicted molar refractivity (Wildman–Crippen MR) is 51.5 cm³/mol. The molecule has 1 aromatic heterocycles. The standard InChI is InChI=1S/C10H14N2/c1-3-8-6-5-7-10(12-8)9(11)4-2/h3,5-7,9H,1,4,11H2,2H3/t9-/m1/s1. The summed E-state index contributed by atoms with van der Waals surface area (Å²) in [6.45, 7) is 5.70. The first kappa shape index (κ1) is 8.94. The van der Waals surface area contributed by atoms with E-state index in [4.69, 9.17) is 5.73 Å². The van der Waals surface area contributed by atoms with Gasteiger partial charge in [-0.25, -0.2) is 0 Å². The molecule has 0 saturated carbocycles. The third kappa shape index (κ3) is 1.92. The van der Waals surface area contributed by atoms with Crippen molar-refractivity contribution in [1.29, 1.82) is 0 Å². The average Bonchev–Trinajstić information content (AvgIpc) is 2.17. The normalized spacial score (nSPS) is 12.5. The molecule has 0 aliphatic rings. The van der Waals surface area contributed by atoms with E-state index in [2.05, 4.69) is 11.6 Å². The third-order valence-electron chi connectivity index (χ3n) is 1.82. The van der Waals surface area contributed by atoms with Crippen LogP contribution in [0.25, 0.3) is 6.08 Å². The van der Waals surface area contributed by atoms with Gasteiger partial charge in [-0.2, -0.15) is 0 Å². The van der Waals surface area contributed by atoms with Gasteiger partial charge in [-0.3, -0.25) is 4.98 Å². The minimum atomic E-state index is 0.0462. The molecule has 0 aliphatic heterocycles. The number of rotatable bonds is 3. The molecular weight excluding hydrogens is 148 g/mol. The van der Waals surface area contributed by atoms with Crippen LogP contribution in [0.5, 0.6) is 0 Å². The average molecular weight is 162 g/mol. The zero-order valence-corrected chi connectivity index (χ0v) is 7.33. The summed E-state index contributed by atoms with van der Waals surface area (Å²) >= 11 is 0. The second-order valence-corrected chi connectivity index (χ2v) is 2.71. The SMILES string of the molecule is C=Cc1cccc([C@H](N)CC)n1. The highest BCUT2D eigenvalue weighted by atomic mass is 14.8. The Hall–Kier alpha value is -1.15. The highest BCUT2D eigenvalue weighted by molar-refractivity contribution is 5.41. The lowest BCUT2D eigenvalue weighted by Crippen LogP contribution is -2.10. The lowest BCUT2D eigenvalue weighted by Gasteiger charge is -2.07. The summed E-state index contributed by atoms with van der Waals surface area (Å²) < 4.78 is 0. The molecule has 2 N–H and O–H groups in total. The van der Waals surface area contributed by atoms with Crippen molar-refractivity contribution in [2.45, 2.75) is 19.4 Å². The molecule has 12 heavy (non-hydrogen) atoms. The van der Waals surface area contributed by atoms with E-state index >= 15 is 0 Å². The number of hydrogen-bond acceptors (Lipinski definition) is 2. The number of pyridine rings is 1. The van der Waals surface area contributed by atoms with E-state index in [1.54, 1.807) is 6.08 Å². The summed E-state index contributed by atoms with van der Waals surface area (Å²) in [6, 6.07) is 5.86. The van der Waals surface area contributed by atoms with Crippen LogP contribution in [0, 0.1) is 0 Å². The Balaban J connectivity index is 2.93. The van der Waals surface area contributed by atoms with Gasteiger partial charge in [0, 0.05) is 6.04 Å². The summed E-state index contributed by atoms with van der Waals surface area (Å²) in [4.78, 5) is 4.32. The molecule has 0 aliphatic carbocycles. The van der Waals surface area contributed by atoms with Crippen molar-refractivity contribution >= 4 is 6.08 Å². The number of aromatic nitrogens is 1. The minimum Gasteiger partial charge on any atom is -0.323 e. The second kappa shape index (κ2) is 4.02. The van der Waals surface area contributed by atoms with Gasteiger partial charge in [0.15, 0.2) is 0 Å². The van der Waals surface area contributed by atoms with Gasteiger partial charge in [-0.05, 0) is 24.6 Å². The van der Waals surface area contributed by atoms with E-state index in [9.17, 15) is 0 Å². The van der Waals surface area contributed by atoms with Gasteiger partial charge in [0.2, 0.25) is 0 Å². The van der Waals surface area contributed by atoms with Crippen LogP contribution in [0.2, 0.25) is 0 Å². The van der Waals surface area contributed by atoms with Gasteiger partial charge in [0.25, 0.3) is 0 Å². The highest BCUT2D eigenvalue weighted by Crippen LogP contribution is 2.11. The monoisotopic (exact) mass is 162 g/mol. The number of hydrogen-bond donors (Lipinski definition) is 1. The fourth-order valence-electron chi connectivity index (χ4n) is 0.998. The van der Waals surface area contributed by atoms with Gasteiger partial charge in [0.1, 0.15) is 0 Å². The van der Waals surface area contributed by atoms with Gasteiger partial charge >= 0.3 is 0 Å². The molecule has 1 atom stereocenters. The molecule has 2 nitrogen and oxygen atoms in total. The largest absolute Gasteiger partial charge is 0.323 e. The lowest BCUT2D eigenvalue weighted by molar-refractivity contribution is 0.675. The van der Waals surface area contributed by atoms with Crippen LogP contribution in [0.4, 0.5) is 0 Å². The van der Waals surface area contributed by atoms with Crippen LogP contribution in [0.1, 0.15) is 30.8 Å². The van der Waals surface area contributed by atoms with Crippen molar-refractivity contribution in [3.05, 3.63) is 36.2 Å². The second-order valence-electron chi connectivity index (χ2n) is 2.71. The van der Waals surface area contributed by atoms with Crippen LogP contribution in [-0.4, -0.2) is 4.98 Å². The Morgan fingerprint density at radius 3 is 3.00 bits per heavy atom. The molecule has 0 unspecified atom stereocenters. The topological polar surface area (TPSA) is 38.9 Å². The van der Waals surface area contributed by atoms with E-state index in [1.807, 2.05) is 25.1 Å². The smallest absolute Gasteiger partial charge is 0.0627 e. The van der Waals surface area contributed by atoms with Crippen LogP contribution in [-0.2, 0) is 0 Å². The van der Waals surface area contributed by atoms with Crippen molar-refractivity contribution in [3.63, 3.8) is 0 Å². The van der Waals surface area contributed by atoms with Gasteiger partial charge in [0.05, 0.1) is 11.4 Å². The maximum absolute atomic E-state index is 5.82. The molecular formula is C10H14N2. The van der Waals surface area contributed by atoms with Crippen molar-refractivity contribution in [3.8, 4) is 0 Å². The summed E-state index contributed by atoms with van der Waals surface area (Å²) in [7, 11) is 0. The summed E-state index contributed by atoms with van der Waals surface area (Å²) in [5.41, 5.74) is 7.65. The van der Waals surface area contributed by atoms with Crippen LogP contribution in [0.3, 0.4) is 0 Å². The lowest BCUT2D eigenvalue weighted by atomic mass is 10.1. The maximum Gasteiger partial charge on any atom is 0.0627 e. The van der Waals surface area contributed by atoms with Gasteiger partial charge < -0.3 is 5.73 Å². The van der Waals surface area contributed by atoms with Gasteiger partial charge in [-0.15, -0.1) is 0 Å². The van der Waals surface area contributed by atoms with E-state index in [0.717, 1.165) is 17.8 Å². The fraction of sp³-hybridized carbons (Fsp3) is 0.300. The van der Waals surface area contributed by atoms with Crippen molar-refractivity contribution < 1.29 is 0 Å². The van der Waals surface area contributed by atoms with Crippen LogP contribution >= 0.6 is 0 Å². The molecule has 0 aromatic carbocycles. The Labute approximate surface area is 73.1 Å². The molecule has 0 spiro atoms. The molecule has 1 aromatic rings. The molecule has 0 saturated heterocycles. The molecule has 0 amide bonds. The molecule has 2 heteroatoms. The Morgan fingerprint density at radius 2 is 2.42 bits per heavy atom. The van der Waals surface area contributed by atoms with Crippen molar-refractivity contribution in [2.75, 3.05) is 0 Å². The zero-order valence-electron chi connectivity index (χ0n) is 7.33. The number of nitrogens with zero attached hydrogens (tertiary/aromatic N) is 1. The Bertz CT molecular complexity index is 268. The highest BCUT2D eigenvalue weighted by Gasteiger charge is 2.03. The predicted octanol–water partition coefficient (Wildman–Crippen LogP) is 2.13. The zero-order chi connectivity index (χ0) is 8.97. The summed E-state index contributed by atoms with van der Waals surface area (Å²) in [6.07, 6.45) is 2.64. The molecule has 0 bridgehead atoms. The molecule has 1 heterocycles. The van der Waals surface area contributed by atoms with Crippen LogP contribution < -0.4 is 5.73 Å². The van der Waals surface area contributed by atoms with Crippen LogP contribution in [0.15, 0.2) is 24.8 Å². The molecule has 1 rings (SSSR count). The molecule has 0 radical (unpaired) electrons. The van der Waals surface area contributed by atoms with Crippen molar-refractivity contribution in [2.24, 2.45) is 5.73 Å². The third-order valence-corrected chi connectivity index (χ3v) is 1.82. The first-order valence-corrected chi connectivity index (χ1v) is 4.13. The maximum atomic E-state index is 5.82. The van der Waals surface area contributed by atoms with Crippen molar-refractivity contribution in [1.82, 2.24) is 4.98 Å². The van der Waals surface area contributed by atoms with E-state index < -0.39 is 0 Å². The van der Waals surface area contributed by atoms with E-state index in [1.165, 1.54) is 0 Å².